The van der Waals surface area contributed by atoms with E-state index in [1.165, 1.54) is 102 Å². The molecule has 6 nitrogen and oxygen atoms in total. The third-order valence-electron chi connectivity index (χ3n) is 6.30. The van der Waals surface area contributed by atoms with Crippen LogP contribution in [0.5, 0.6) is 0 Å². The average Bonchev–Trinajstić information content (AvgIpc) is 3.38. The fraction of sp³-hybridized carbons (Fsp3) is 0.864. The Balaban J connectivity index is 0.000000216. The number of aliphatic hydroxyl groups excluding tert-OH is 1. The molecule has 3 fully saturated rings. The maximum atomic E-state index is 7.00. The van der Waals surface area contributed by atoms with Crippen molar-refractivity contribution in [3.63, 3.8) is 0 Å². The molecule has 0 radical (unpaired) electrons. The van der Waals surface area contributed by atoms with Crippen LogP contribution in [0.2, 0.25) is 0 Å². The fourth-order valence-electron chi connectivity index (χ4n) is 4.55. The molecular weight excluding hydrogens is 350 g/mol. The summed E-state index contributed by atoms with van der Waals surface area (Å²) in [6.45, 7) is 8.66. The lowest BCUT2D eigenvalue weighted by Crippen LogP contribution is -2.25. The van der Waals surface area contributed by atoms with Crippen molar-refractivity contribution in [1.82, 2.24) is 24.9 Å². The van der Waals surface area contributed by atoms with E-state index in [4.69, 9.17) is 5.11 Å². The first kappa shape index (κ1) is 23.3. The van der Waals surface area contributed by atoms with E-state index >= 15 is 0 Å². The summed E-state index contributed by atoms with van der Waals surface area (Å²) in [4.78, 5) is 7.35. The van der Waals surface area contributed by atoms with E-state index < -0.39 is 0 Å². The van der Waals surface area contributed by atoms with Gasteiger partial charge < -0.3 is 14.9 Å². The molecule has 1 saturated carbocycles. The van der Waals surface area contributed by atoms with E-state index in [0.717, 1.165) is 19.6 Å². The number of rotatable bonds is 3. The van der Waals surface area contributed by atoms with E-state index in [0.29, 0.717) is 0 Å². The molecule has 2 aliphatic heterocycles. The quantitative estimate of drug-likeness (QED) is 0.827. The van der Waals surface area contributed by atoms with Crippen LogP contribution in [-0.4, -0.2) is 90.5 Å². The molecule has 1 aliphatic carbocycles. The Morgan fingerprint density at radius 2 is 1.46 bits per heavy atom. The largest absolute Gasteiger partial charge is 0.400 e. The van der Waals surface area contributed by atoms with Crippen LogP contribution in [-0.2, 0) is 6.54 Å². The Labute approximate surface area is 172 Å². The van der Waals surface area contributed by atoms with Crippen LogP contribution in [0.15, 0.2) is 6.20 Å². The van der Waals surface area contributed by atoms with E-state index in [1.54, 1.807) is 0 Å². The molecular formula is C22H43N5O. The van der Waals surface area contributed by atoms with Crippen molar-refractivity contribution in [2.24, 2.45) is 0 Å². The number of likely N-dealkylation sites (tertiary alicyclic amines) is 1. The Morgan fingerprint density at radius 1 is 0.857 bits per heavy atom. The van der Waals surface area contributed by atoms with Crippen molar-refractivity contribution < 1.29 is 5.11 Å². The summed E-state index contributed by atoms with van der Waals surface area (Å²) in [6.07, 6.45) is 13.1. The fourth-order valence-corrected chi connectivity index (χ4v) is 4.55. The van der Waals surface area contributed by atoms with Gasteiger partial charge in [0.05, 0.1) is 6.20 Å². The first-order chi connectivity index (χ1) is 13.7. The molecule has 4 rings (SSSR count). The molecule has 28 heavy (non-hydrogen) atoms. The van der Waals surface area contributed by atoms with Crippen LogP contribution in [0.1, 0.15) is 68.5 Å². The lowest BCUT2D eigenvalue weighted by atomic mass is 9.85. The number of aliphatic hydroxyl groups is 1. The van der Waals surface area contributed by atoms with Crippen molar-refractivity contribution >= 4 is 0 Å². The van der Waals surface area contributed by atoms with Crippen LogP contribution < -0.4 is 0 Å². The zero-order valence-corrected chi connectivity index (χ0v) is 18.5. The van der Waals surface area contributed by atoms with E-state index in [9.17, 15) is 0 Å². The lowest BCUT2D eigenvalue weighted by molar-refractivity contribution is 0.320. The van der Waals surface area contributed by atoms with Crippen LogP contribution in [0.25, 0.3) is 0 Å². The zero-order chi connectivity index (χ0) is 20.2. The minimum atomic E-state index is 0.754. The maximum Gasteiger partial charge on any atom is 0.0535 e. The molecule has 0 unspecified atom stereocenters. The minimum absolute atomic E-state index is 0.754. The molecule has 0 amide bonds. The number of aromatic amines is 1. The number of hydrogen-bond acceptors (Lipinski definition) is 5. The van der Waals surface area contributed by atoms with Crippen molar-refractivity contribution in [2.75, 3.05) is 60.5 Å². The summed E-state index contributed by atoms with van der Waals surface area (Å²) in [5, 5.41) is 14.6. The van der Waals surface area contributed by atoms with Gasteiger partial charge in [0, 0.05) is 43.9 Å². The Morgan fingerprint density at radius 3 is 2.07 bits per heavy atom. The van der Waals surface area contributed by atoms with Gasteiger partial charge in [0.1, 0.15) is 0 Å². The molecule has 0 atom stereocenters. The SMILES string of the molecule is CN1CCCN(C)CC1.CO.c1n[nH]c(C2CCCCC2)c1CN1CCCC1. The van der Waals surface area contributed by atoms with Crippen LogP contribution in [0.3, 0.4) is 0 Å². The third-order valence-corrected chi connectivity index (χ3v) is 6.30. The van der Waals surface area contributed by atoms with Gasteiger partial charge in [-0.05, 0) is 72.4 Å². The zero-order valence-electron chi connectivity index (χ0n) is 18.5. The van der Waals surface area contributed by atoms with Gasteiger partial charge in [-0.25, -0.2) is 0 Å². The molecule has 0 aromatic carbocycles. The number of nitrogens with zero attached hydrogens (tertiary/aromatic N) is 4. The summed E-state index contributed by atoms with van der Waals surface area (Å²) in [7, 11) is 5.39. The maximum absolute atomic E-state index is 7.00. The monoisotopic (exact) mass is 393 g/mol. The normalized spacial score (nSPS) is 22.7. The van der Waals surface area contributed by atoms with Crippen molar-refractivity contribution in [3.8, 4) is 0 Å². The van der Waals surface area contributed by atoms with E-state index in [2.05, 4.69) is 45.2 Å². The summed E-state index contributed by atoms with van der Waals surface area (Å²) < 4.78 is 0. The van der Waals surface area contributed by atoms with Crippen LogP contribution in [0, 0.1) is 0 Å². The molecule has 3 heterocycles. The number of aromatic nitrogens is 2. The van der Waals surface area contributed by atoms with E-state index in [1.807, 2.05) is 0 Å². The van der Waals surface area contributed by atoms with Gasteiger partial charge in [-0.3, -0.25) is 10.00 Å². The highest BCUT2D eigenvalue weighted by atomic mass is 16.2. The van der Waals surface area contributed by atoms with Gasteiger partial charge in [0.25, 0.3) is 0 Å². The van der Waals surface area contributed by atoms with Gasteiger partial charge >= 0.3 is 0 Å². The van der Waals surface area contributed by atoms with Crippen molar-refractivity contribution in [1.29, 1.82) is 0 Å². The molecule has 6 heteroatoms. The Kier molecular flexibility index (Phi) is 11.1. The van der Waals surface area contributed by atoms with Crippen LogP contribution >= 0.6 is 0 Å². The summed E-state index contributed by atoms with van der Waals surface area (Å²) in [6, 6.07) is 0. The van der Waals surface area contributed by atoms with Gasteiger partial charge in [0.2, 0.25) is 0 Å². The number of likely N-dealkylation sites (N-methyl/N-ethyl adjacent to an activating group) is 2. The molecule has 0 spiro atoms. The molecule has 1 aromatic rings. The molecule has 162 valence electrons. The highest BCUT2D eigenvalue weighted by molar-refractivity contribution is 5.21. The van der Waals surface area contributed by atoms with Crippen molar-refractivity contribution in [3.05, 3.63) is 17.5 Å². The number of hydrogen-bond donors (Lipinski definition) is 2. The topological polar surface area (TPSA) is 58.6 Å². The van der Waals surface area contributed by atoms with Gasteiger partial charge in [-0.1, -0.05) is 19.3 Å². The second kappa shape index (κ2) is 13.3. The Hall–Kier alpha value is -0.950. The summed E-state index contributed by atoms with van der Waals surface area (Å²) in [5.74, 6) is 0.754. The number of nitrogens with one attached hydrogen (secondary N) is 1. The number of H-pyrrole nitrogens is 1. The summed E-state index contributed by atoms with van der Waals surface area (Å²) in [5.41, 5.74) is 2.90. The van der Waals surface area contributed by atoms with Gasteiger partial charge in [-0.2, -0.15) is 5.10 Å². The minimum Gasteiger partial charge on any atom is -0.400 e. The highest BCUT2D eigenvalue weighted by Gasteiger charge is 2.22. The second-order valence-electron chi connectivity index (χ2n) is 8.59. The van der Waals surface area contributed by atoms with E-state index in [-0.39, 0.29) is 0 Å². The van der Waals surface area contributed by atoms with Gasteiger partial charge in [-0.15, -0.1) is 0 Å². The highest BCUT2D eigenvalue weighted by Crippen LogP contribution is 2.33. The molecule has 0 bridgehead atoms. The third kappa shape index (κ3) is 7.82. The molecule has 3 aliphatic rings. The van der Waals surface area contributed by atoms with Gasteiger partial charge in [0.15, 0.2) is 0 Å². The first-order valence-electron chi connectivity index (χ1n) is 11.3. The predicted octanol–water partition coefficient (Wildman–Crippen LogP) is 2.92. The molecule has 2 N–H and O–H groups in total. The predicted molar refractivity (Wildman–Crippen MR) is 117 cm³/mol. The Bertz CT molecular complexity index is 499. The average molecular weight is 394 g/mol. The standard InChI is InChI=1S/C14H23N3.C7H16N2.CH4O/c1-2-6-12(7-3-1)14-13(10-15-16-14)11-17-8-4-5-9-17;1-8-4-3-5-9(2)7-6-8;1-2/h10,12H,1-9,11H2,(H,15,16);3-7H2,1-2H3;2H,1H3. The first-order valence-corrected chi connectivity index (χ1v) is 11.3. The smallest absolute Gasteiger partial charge is 0.0535 e. The summed E-state index contributed by atoms with van der Waals surface area (Å²) >= 11 is 0. The van der Waals surface area contributed by atoms with Crippen molar-refractivity contribution in [2.45, 2.75) is 63.8 Å². The molecule has 1 aromatic heterocycles. The lowest BCUT2D eigenvalue weighted by Gasteiger charge is -2.23. The van der Waals surface area contributed by atoms with Crippen LogP contribution in [0.4, 0.5) is 0 Å². The molecule has 2 saturated heterocycles. The second-order valence-corrected chi connectivity index (χ2v) is 8.59.